The molecule has 0 saturated heterocycles. The normalized spacial score (nSPS) is 16.7. The minimum Gasteiger partial charge on any atom is -0.322 e. The van der Waals surface area contributed by atoms with Gasteiger partial charge in [-0.1, -0.05) is 25.5 Å². The molecular weight excluding hydrogens is 290 g/mol. The zero-order chi connectivity index (χ0) is 16.4. The molecule has 0 fully saturated rings. The Morgan fingerprint density at radius 3 is 2.83 bits per heavy atom. The highest BCUT2D eigenvalue weighted by Crippen LogP contribution is 2.34. The molecule has 1 atom stereocenters. The van der Waals surface area contributed by atoms with Gasteiger partial charge in [0.1, 0.15) is 6.04 Å². The first-order valence-electron chi connectivity index (χ1n) is 7.77. The van der Waals surface area contributed by atoms with Crippen molar-refractivity contribution in [3.05, 3.63) is 53.9 Å². The number of carbonyl (C=O) groups is 2. The number of aryl methyl sites for hydroxylation is 1. The fourth-order valence-corrected chi connectivity index (χ4v) is 2.89. The monoisotopic (exact) mass is 309 g/mol. The summed E-state index contributed by atoms with van der Waals surface area (Å²) in [5, 5.41) is 2.89. The van der Waals surface area contributed by atoms with Gasteiger partial charge in [0.05, 0.1) is 16.9 Å². The number of aromatic nitrogens is 1. The predicted octanol–water partition coefficient (Wildman–Crippen LogP) is 3.16. The summed E-state index contributed by atoms with van der Waals surface area (Å²) in [4.78, 5) is 31.2. The minimum atomic E-state index is -0.497. The second-order valence-electron chi connectivity index (χ2n) is 5.74. The summed E-state index contributed by atoms with van der Waals surface area (Å²) in [6, 6.07) is 8.68. The summed E-state index contributed by atoms with van der Waals surface area (Å²) in [7, 11) is 0. The number of hydrogen-bond acceptors (Lipinski definition) is 3. The fourth-order valence-electron chi connectivity index (χ4n) is 2.89. The van der Waals surface area contributed by atoms with Crippen LogP contribution in [0.3, 0.4) is 0 Å². The smallest absolute Gasteiger partial charge is 0.260 e. The Kier molecular flexibility index (Phi) is 4.10. The van der Waals surface area contributed by atoms with Crippen molar-refractivity contribution in [3.63, 3.8) is 0 Å². The topological polar surface area (TPSA) is 62.3 Å². The quantitative estimate of drug-likeness (QED) is 0.947. The van der Waals surface area contributed by atoms with Gasteiger partial charge in [-0.15, -0.1) is 0 Å². The van der Waals surface area contributed by atoms with Crippen LogP contribution in [0.15, 0.2) is 42.7 Å². The summed E-state index contributed by atoms with van der Waals surface area (Å²) in [6.45, 7) is 3.90. The molecule has 1 aliphatic heterocycles. The van der Waals surface area contributed by atoms with Crippen molar-refractivity contribution < 1.29 is 9.59 Å². The summed E-state index contributed by atoms with van der Waals surface area (Å²) in [5.41, 5.74) is 2.81. The van der Waals surface area contributed by atoms with Crippen LogP contribution in [0.4, 0.5) is 11.4 Å². The van der Waals surface area contributed by atoms with Crippen LogP contribution in [0.2, 0.25) is 0 Å². The highest BCUT2D eigenvalue weighted by Gasteiger charge is 2.36. The van der Waals surface area contributed by atoms with Crippen molar-refractivity contribution in [3.8, 4) is 0 Å². The highest BCUT2D eigenvalue weighted by atomic mass is 16.2. The molecular formula is C18H19N3O2. The zero-order valence-electron chi connectivity index (χ0n) is 13.2. The van der Waals surface area contributed by atoms with Gasteiger partial charge in [-0.25, -0.2) is 0 Å². The third-order valence-corrected chi connectivity index (χ3v) is 3.94. The second-order valence-corrected chi connectivity index (χ2v) is 5.74. The van der Waals surface area contributed by atoms with Gasteiger partial charge in [-0.2, -0.15) is 0 Å². The SMILES string of the molecule is CCC[C@H]1C(=O)Nc2ccccc2N1C(=O)c1cncc(C)c1. The third kappa shape index (κ3) is 2.82. The molecule has 1 aliphatic rings. The van der Waals surface area contributed by atoms with E-state index in [1.165, 1.54) is 0 Å². The molecule has 0 radical (unpaired) electrons. The van der Waals surface area contributed by atoms with Crippen LogP contribution in [0, 0.1) is 6.92 Å². The molecule has 2 amide bonds. The van der Waals surface area contributed by atoms with E-state index in [0.29, 0.717) is 17.7 Å². The van der Waals surface area contributed by atoms with Gasteiger partial charge in [0.15, 0.2) is 0 Å². The molecule has 5 nitrogen and oxygen atoms in total. The van der Waals surface area contributed by atoms with E-state index in [1.807, 2.05) is 38.1 Å². The zero-order valence-corrected chi connectivity index (χ0v) is 13.2. The number of anilines is 2. The molecule has 2 aromatic rings. The molecule has 0 spiro atoms. The van der Waals surface area contributed by atoms with E-state index in [4.69, 9.17) is 0 Å². The lowest BCUT2D eigenvalue weighted by Crippen LogP contribution is -2.51. The minimum absolute atomic E-state index is 0.139. The molecule has 118 valence electrons. The van der Waals surface area contributed by atoms with Crippen LogP contribution in [0.1, 0.15) is 35.7 Å². The van der Waals surface area contributed by atoms with Crippen LogP contribution in [0.5, 0.6) is 0 Å². The van der Waals surface area contributed by atoms with Crippen molar-refractivity contribution in [2.75, 3.05) is 10.2 Å². The number of nitrogens with zero attached hydrogens (tertiary/aromatic N) is 2. The first-order valence-corrected chi connectivity index (χ1v) is 7.77. The molecule has 23 heavy (non-hydrogen) atoms. The lowest BCUT2D eigenvalue weighted by molar-refractivity contribution is -0.117. The number of carbonyl (C=O) groups excluding carboxylic acids is 2. The van der Waals surface area contributed by atoms with Gasteiger partial charge in [-0.05, 0) is 37.1 Å². The molecule has 0 saturated carbocycles. The van der Waals surface area contributed by atoms with Crippen molar-refractivity contribution >= 4 is 23.2 Å². The van der Waals surface area contributed by atoms with Crippen molar-refractivity contribution in [1.82, 2.24) is 4.98 Å². The Bertz CT molecular complexity index is 757. The van der Waals surface area contributed by atoms with Crippen LogP contribution in [-0.2, 0) is 4.79 Å². The number of fused-ring (bicyclic) bond motifs is 1. The van der Waals surface area contributed by atoms with Crippen molar-refractivity contribution in [2.45, 2.75) is 32.7 Å². The molecule has 0 unspecified atom stereocenters. The fraction of sp³-hybridized carbons (Fsp3) is 0.278. The number of benzene rings is 1. The average molecular weight is 309 g/mol. The van der Waals surface area contributed by atoms with Gasteiger partial charge in [0.25, 0.3) is 5.91 Å². The largest absolute Gasteiger partial charge is 0.322 e. The first-order chi connectivity index (χ1) is 11.1. The predicted molar refractivity (Wildman–Crippen MR) is 89.6 cm³/mol. The Hall–Kier alpha value is -2.69. The van der Waals surface area contributed by atoms with Crippen LogP contribution >= 0.6 is 0 Å². The van der Waals surface area contributed by atoms with E-state index in [1.54, 1.807) is 23.4 Å². The Morgan fingerprint density at radius 1 is 1.30 bits per heavy atom. The van der Waals surface area contributed by atoms with Gasteiger partial charge in [-0.3, -0.25) is 19.5 Å². The molecule has 1 aromatic heterocycles. The highest BCUT2D eigenvalue weighted by molar-refractivity contribution is 6.16. The maximum atomic E-state index is 13.1. The van der Waals surface area contributed by atoms with E-state index in [9.17, 15) is 9.59 Å². The number of rotatable bonds is 3. The van der Waals surface area contributed by atoms with E-state index in [2.05, 4.69) is 10.3 Å². The summed E-state index contributed by atoms with van der Waals surface area (Å²) in [6.07, 6.45) is 4.69. The summed E-state index contributed by atoms with van der Waals surface area (Å²) in [5.74, 6) is -0.332. The number of nitrogens with one attached hydrogen (secondary N) is 1. The van der Waals surface area contributed by atoms with E-state index < -0.39 is 6.04 Å². The Morgan fingerprint density at radius 2 is 2.09 bits per heavy atom. The molecule has 3 rings (SSSR count). The average Bonchev–Trinajstić information content (AvgIpc) is 2.55. The number of para-hydroxylation sites is 2. The van der Waals surface area contributed by atoms with Gasteiger partial charge < -0.3 is 5.32 Å². The van der Waals surface area contributed by atoms with Crippen molar-refractivity contribution in [1.29, 1.82) is 0 Å². The van der Waals surface area contributed by atoms with E-state index >= 15 is 0 Å². The molecule has 1 aromatic carbocycles. The number of amides is 2. The molecule has 0 bridgehead atoms. The molecule has 5 heteroatoms. The van der Waals surface area contributed by atoms with E-state index in [-0.39, 0.29) is 11.8 Å². The Labute approximate surface area is 135 Å². The summed E-state index contributed by atoms with van der Waals surface area (Å²) >= 11 is 0. The number of pyridine rings is 1. The van der Waals surface area contributed by atoms with Gasteiger partial charge in [0.2, 0.25) is 5.91 Å². The van der Waals surface area contributed by atoms with Crippen LogP contribution < -0.4 is 10.2 Å². The van der Waals surface area contributed by atoms with E-state index in [0.717, 1.165) is 17.7 Å². The van der Waals surface area contributed by atoms with Crippen LogP contribution in [-0.4, -0.2) is 22.8 Å². The summed E-state index contributed by atoms with van der Waals surface area (Å²) < 4.78 is 0. The van der Waals surface area contributed by atoms with Gasteiger partial charge in [0, 0.05) is 12.4 Å². The second kappa shape index (κ2) is 6.20. The molecule has 0 aliphatic carbocycles. The number of hydrogen-bond donors (Lipinski definition) is 1. The first kappa shape index (κ1) is 15.2. The Balaban J connectivity index is 2.08. The van der Waals surface area contributed by atoms with Crippen molar-refractivity contribution in [2.24, 2.45) is 0 Å². The van der Waals surface area contributed by atoms with Crippen LogP contribution in [0.25, 0.3) is 0 Å². The lowest BCUT2D eigenvalue weighted by Gasteiger charge is -2.36. The standard InChI is InChI=1S/C18H19N3O2/c1-3-6-16-17(22)20-14-7-4-5-8-15(14)21(16)18(23)13-9-12(2)10-19-11-13/h4-5,7-11,16H,3,6H2,1-2H3,(H,20,22)/t16-/m0/s1. The molecule has 1 N–H and O–H groups in total. The third-order valence-electron chi connectivity index (χ3n) is 3.94. The van der Waals surface area contributed by atoms with Gasteiger partial charge >= 0.3 is 0 Å². The lowest BCUT2D eigenvalue weighted by atomic mass is 10.0. The molecule has 2 heterocycles. The maximum absolute atomic E-state index is 13.1. The maximum Gasteiger partial charge on any atom is 0.260 e.